The quantitative estimate of drug-likeness (QED) is 0.127. The molecule has 59 heavy (non-hydrogen) atoms. The summed E-state index contributed by atoms with van der Waals surface area (Å²) >= 11 is 0. The Morgan fingerprint density at radius 2 is 0.847 bits per heavy atom. The molecule has 4 heterocycles. The predicted molar refractivity (Wildman–Crippen MR) is 232 cm³/mol. The van der Waals surface area contributed by atoms with Crippen LogP contribution in [-0.4, -0.2) is 29.7 Å². The fourth-order valence-electron chi connectivity index (χ4n) is 7.31. The summed E-state index contributed by atoms with van der Waals surface area (Å²) in [7, 11) is 0. The molecule has 10 aromatic rings. The molecule has 10 heteroatoms. The third-order valence-electron chi connectivity index (χ3n) is 9.82. The lowest BCUT2D eigenvalue weighted by Crippen LogP contribution is -2.10. The summed E-state index contributed by atoms with van der Waals surface area (Å²) in [6.07, 6.45) is 6.69. The Balaban J connectivity index is 1.13. The number of pyridine rings is 2. The maximum Gasteiger partial charge on any atom is 0.254 e. The summed E-state index contributed by atoms with van der Waals surface area (Å²) in [5.41, 5.74) is 7.50. The molecule has 0 saturated heterocycles. The lowest BCUT2D eigenvalue weighted by Gasteiger charge is -2.26. The molecule has 10 rings (SSSR count). The fourth-order valence-corrected chi connectivity index (χ4v) is 7.31. The minimum atomic E-state index is 0.454. The van der Waals surface area contributed by atoms with E-state index in [2.05, 4.69) is 107 Å². The number of rotatable bonds is 11. The van der Waals surface area contributed by atoms with E-state index < -0.39 is 0 Å². The Hall–Kier alpha value is -8.37. The zero-order chi connectivity index (χ0) is 39.4. The van der Waals surface area contributed by atoms with Gasteiger partial charge in [-0.2, -0.15) is 5.10 Å². The van der Waals surface area contributed by atoms with Gasteiger partial charge in [0.1, 0.15) is 11.5 Å². The number of benzene rings is 6. The van der Waals surface area contributed by atoms with Crippen LogP contribution in [0, 0.1) is 0 Å². The van der Waals surface area contributed by atoms with Crippen LogP contribution in [0.2, 0.25) is 0 Å². The van der Waals surface area contributed by atoms with Gasteiger partial charge in [0.25, 0.3) is 5.95 Å². The molecule has 0 aliphatic heterocycles. The van der Waals surface area contributed by atoms with E-state index in [4.69, 9.17) is 14.5 Å². The highest BCUT2D eigenvalue weighted by molar-refractivity contribution is 6.11. The first-order valence-electron chi connectivity index (χ1n) is 19.1. The fraction of sp³-hybridized carbons (Fsp3) is 0. The third-order valence-corrected chi connectivity index (χ3v) is 9.82. The van der Waals surface area contributed by atoms with Gasteiger partial charge in [-0.1, -0.05) is 72.8 Å². The zero-order valence-corrected chi connectivity index (χ0v) is 31.5. The Morgan fingerprint density at radius 1 is 0.373 bits per heavy atom. The van der Waals surface area contributed by atoms with Crippen molar-refractivity contribution in [1.29, 1.82) is 0 Å². The van der Waals surface area contributed by atoms with Crippen LogP contribution in [0.15, 0.2) is 207 Å². The van der Waals surface area contributed by atoms with Crippen molar-refractivity contribution in [1.82, 2.24) is 29.7 Å². The van der Waals surface area contributed by atoms with Crippen LogP contribution in [-0.2, 0) is 0 Å². The number of para-hydroxylation sites is 2. The van der Waals surface area contributed by atoms with Crippen molar-refractivity contribution >= 4 is 55.9 Å². The Bertz CT molecular complexity index is 2820. The van der Waals surface area contributed by atoms with Crippen LogP contribution < -0.4 is 19.3 Å². The highest BCUT2D eigenvalue weighted by Gasteiger charge is 2.21. The molecule has 0 atom stereocenters. The monoisotopic (exact) mass is 766 g/mol. The largest absolute Gasteiger partial charge is 0.439 e. The molecule has 0 N–H and O–H groups in total. The van der Waals surface area contributed by atoms with Crippen LogP contribution in [0.1, 0.15) is 0 Å². The molecule has 0 radical (unpaired) electrons. The molecular weight excluding hydrogens is 733 g/mol. The maximum atomic E-state index is 6.18. The molecule has 0 aliphatic rings. The van der Waals surface area contributed by atoms with Gasteiger partial charge in [0.05, 0.1) is 23.4 Å². The van der Waals surface area contributed by atoms with E-state index in [1.165, 1.54) is 0 Å². The Morgan fingerprint density at radius 3 is 1.31 bits per heavy atom. The van der Waals surface area contributed by atoms with Crippen LogP contribution in [0.25, 0.3) is 27.8 Å². The second kappa shape index (κ2) is 15.6. The normalized spacial score (nSPS) is 11.1. The van der Waals surface area contributed by atoms with E-state index in [0.29, 0.717) is 29.2 Å². The molecule has 0 spiro atoms. The third kappa shape index (κ3) is 7.13. The predicted octanol–water partition coefficient (Wildman–Crippen LogP) is 12.3. The summed E-state index contributed by atoms with van der Waals surface area (Å²) in [6.45, 7) is 0. The maximum absolute atomic E-state index is 6.18. The van der Waals surface area contributed by atoms with Gasteiger partial charge >= 0.3 is 0 Å². The lowest BCUT2D eigenvalue weighted by molar-refractivity contribution is 0.463. The van der Waals surface area contributed by atoms with Gasteiger partial charge in [0, 0.05) is 81.6 Å². The second-order valence-electron chi connectivity index (χ2n) is 13.6. The summed E-state index contributed by atoms with van der Waals surface area (Å²) in [6, 6.07) is 60.8. The van der Waals surface area contributed by atoms with Crippen LogP contribution in [0.5, 0.6) is 23.3 Å². The number of aromatic nitrogens is 6. The zero-order valence-electron chi connectivity index (χ0n) is 31.5. The number of ether oxygens (including phenoxy) is 2. The van der Waals surface area contributed by atoms with E-state index in [-0.39, 0.29) is 0 Å². The van der Waals surface area contributed by atoms with E-state index in [1.807, 2.05) is 109 Å². The summed E-state index contributed by atoms with van der Waals surface area (Å²) in [5, 5.41) is 10.9. The standard InChI is InChI=1S/C49H34N8O2/c1-3-13-35(14-4-1)55(37-17-11-19-41(31-37)58-47-21-7-9-27-50-47)39-23-25-43-44-26-24-40(34-46(44)57(45(43)33-39)49-52-29-30-53-54-49)56(36-15-5-2-6-16-36)38-18-12-20-42(32-38)59-48-22-8-10-28-51-48/h1-34H. The van der Waals surface area contributed by atoms with Crippen molar-refractivity contribution < 1.29 is 9.47 Å². The lowest BCUT2D eigenvalue weighted by atomic mass is 10.1. The highest BCUT2D eigenvalue weighted by atomic mass is 16.5. The second-order valence-corrected chi connectivity index (χ2v) is 13.6. The number of hydrogen-bond donors (Lipinski definition) is 0. The summed E-state index contributed by atoms with van der Waals surface area (Å²) < 4.78 is 14.4. The van der Waals surface area contributed by atoms with Crippen LogP contribution in [0.3, 0.4) is 0 Å². The molecule has 0 saturated carbocycles. The minimum absolute atomic E-state index is 0.454. The van der Waals surface area contributed by atoms with Crippen molar-refractivity contribution in [2.75, 3.05) is 9.80 Å². The molecule has 6 aromatic carbocycles. The van der Waals surface area contributed by atoms with Gasteiger partial charge < -0.3 is 19.3 Å². The first-order valence-corrected chi connectivity index (χ1v) is 19.1. The van der Waals surface area contributed by atoms with Crippen molar-refractivity contribution in [2.45, 2.75) is 0 Å². The molecule has 4 aromatic heterocycles. The van der Waals surface area contributed by atoms with Crippen LogP contribution in [0.4, 0.5) is 34.1 Å². The topological polar surface area (TPSA) is 94.3 Å². The van der Waals surface area contributed by atoms with Gasteiger partial charge in [-0.3, -0.25) is 4.57 Å². The highest BCUT2D eigenvalue weighted by Crippen LogP contribution is 2.43. The molecular formula is C49H34N8O2. The number of anilines is 6. The molecule has 0 fully saturated rings. The molecule has 0 aliphatic carbocycles. The smallest absolute Gasteiger partial charge is 0.254 e. The SMILES string of the molecule is c1ccc(N(c2cccc(Oc3ccccn3)c2)c2ccc3c4ccc(N(c5ccccc5)c5cccc(Oc6ccccn6)c5)cc4n(-c4nccnn4)c3c2)cc1. The minimum Gasteiger partial charge on any atom is -0.439 e. The van der Waals surface area contributed by atoms with E-state index in [9.17, 15) is 0 Å². The van der Waals surface area contributed by atoms with Crippen LogP contribution >= 0.6 is 0 Å². The number of nitrogens with zero attached hydrogens (tertiary/aromatic N) is 8. The van der Waals surface area contributed by atoms with Gasteiger partial charge in [0.15, 0.2) is 0 Å². The van der Waals surface area contributed by atoms with Gasteiger partial charge in [-0.05, 0) is 84.9 Å². The van der Waals surface area contributed by atoms with Crippen molar-refractivity contribution in [2.24, 2.45) is 0 Å². The summed E-state index contributed by atoms with van der Waals surface area (Å²) in [4.78, 5) is 17.9. The Labute approximate surface area is 339 Å². The van der Waals surface area contributed by atoms with Gasteiger partial charge in [-0.15, -0.1) is 5.10 Å². The van der Waals surface area contributed by atoms with E-state index in [1.54, 1.807) is 24.8 Å². The van der Waals surface area contributed by atoms with Gasteiger partial charge in [-0.25, -0.2) is 15.0 Å². The average molecular weight is 767 g/mol. The van der Waals surface area contributed by atoms with Crippen molar-refractivity contribution in [3.05, 3.63) is 207 Å². The first kappa shape index (κ1) is 35.1. The molecule has 10 nitrogen and oxygen atoms in total. The van der Waals surface area contributed by atoms with E-state index >= 15 is 0 Å². The Kier molecular flexibility index (Phi) is 9.30. The molecule has 282 valence electrons. The molecule has 0 bridgehead atoms. The molecule has 0 amide bonds. The van der Waals surface area contributed by atoms with Crippen molar-refractivity contribution in [3.8, 4) is 29.2 Å². The summed E-state index contributed by atoms with van der Waals surface area (Å²) in [5.74, 6) is 2.84. The average Bonchev–Trinajstić information content (AvgIpc) is 3.61. The van der Waals surface area contributed by atoms with E-state index in [0.717, 1.165) is 55.9 Å². The number of hydrogen-bond acceptors (Lipinski definition) is 9. The first-order chi connectivity index (χ1) is 29.2. The van der Waals surface area contributed by atoms with Crippen molar-refractivity contribution in [3.63, 3.8) is 0 Å². The van der Waals surface area contributed by atoms with Gasteiger partial charge in [0.2, 0.25) is 11.8 Å². The molecule has 0 unspecified atom stereocenters. The number of fused-ring (bicyclic) bond motifs is 3.